The molecule has 0 bridgehead atoms. The van der Waals surface area contributed by atoms with Gasteiger partial charge in [-0.15, -0.1) is 0 Å². The Hall–Kier alpha value is -3.95. The zero-order valence-electron chi connectivity index (χ0n) is 18.8. The summed E-state index contributed by atoms with van der Waals surface area (Å²) in [6.45, 7) is 6.50. The number of Topliss-reactive ketones (excluding diaryl/α,β-unsaturated/α-hetero) is 2. The third-order valence-electron chi connectivity index (χ3n) is 3.36. The number of hydrogen-bond donors (Lipinski definition) is 0. The lowest BCUT2D eigenvalue weighted by molar-refractivity contribution is -0.140. The fourth-order valence-electron chi connectivity index (χ4n) is 1.90. The lowest BCUT2D eigenvalue weighted by Crippen LogP contribution is -2.10. The number of hydrogen-bond acceptors (Lipinski definition) is 10. The van der Waals surface area contributed by atoms with Gasteiger partial charge in [-0.25, -0.2) is 19.6 Å². The molecule has 0 aliphatic carbocycles. The Morgan fingerprint density at radius 2 is 1.03 bits per heavy atom. The SMILES string of the molecule is CC(=O)c1cccc(C(C)=O)n1.CCOC(C)=O.COC(=O)c1cccc(C(=O)OC)n1. The monoisotopic (exact) mass is 446 g/mol. The van der Waals surface area contributed by atoms with Crippen LogP contribution in [0.1, 0.15) is 69.6 Å². The molecular formula is C22H26N2O8. The quantitative estimate of drug-likeness (QED) is 0.382. The van der Waals surface area contributed by atoms with Crippen molar-refractivity contribution in [3.63, 3.8) is 0 Å². The molecule has 0 saturated carbocycles. The van der Waals surface area contributed by atoms with Crippen molar-refractivity contribution in [3.8, 4) is 0 Å². The van der Waals surface area contributed by atoms with Gasteiger partial charge in [0, 0.05) is 20.8 Å². The van der Waals surface area contributed by atoms with E-state index < -0.39 is 11.9 Å². The van der Waals surface area contributed by atoms with Crippen molar-refractivity contribution in [1.29, 1.82) is 0 Å². The minimum Gasteiger partial charge on any atom is -0.466 e. The summed E-state index contributed by atoms with van der Waals surface area (Å²) < 4.78 is 13.3. The molecule has 0 radical (unpaired) electrons. The maximum Gasteiger partial charge on any atom is 0.356 e. The van der Waals surface area contributed by atoms with Crippen molar-refractivity contribution in [1.82, 2.24) is 9.97 Å². The molecule has 2 aromatic rings. The van der Waals surface area contributed by atoms with Gasteiger partial charge in [-0.1, -0.05) is 12.1 Å². The Bertz CT molecular complexity index is 896. The van der Waals surface area contributed by atoms with Gasteiger partial charge in [0.05, 0.1) is 20.8 Å². The molecule has 0 amide bonds. The van der Waals surface area contributed by atoms with Crippen molar-refractivity contribution in [2.45, 2.75) is 27.7 Å². The van der Waals surface area contributed by atoms with E-state index in [4.69, 9.17) is 0 Å². The van der Waals surface area contributed by atoms with E-state index in [9.17, 15) is 24.0 Å². The number of aromatic nitrogens is 2. The van der Waals surface area contributed by atoms with Crippen LogP contribution >= 0.6 is 0 Å². The molecular weight excluding hydrogens is 420 g/mol. The summed E-state index contributed by atoms with van der Waals surface area (Å²) in [5, 5.41) is 0. The summed E-state index contributed by atoms with van der Waals surface area (Å²) >= 11 is 0. The second-order valence-corrected chi connectivity index (χ2v) is 5.84. The molecule has 0 N–H and O–H groups in total. The van der Waals surface area contributed by atoms with Crippen molar-refractivity contribution in [2.75, 3.05) is 20.8 Å². The summed E-state index contributed by atoms with van der Waals surface area (Å²) in [6, 6.07) is 9.28. The highest BCUT2D eigenvalue weighted by molar-refractivity contribution is 5.96. The van der Waals surface area contributed by atoms with E-state index in [1.807, 2.05) is 0 Å². The van der Waals surface area contributed by atoms with Crippen LogP contribution in [-0.4, -0.2) is 60.3 Å². The summed E-state index contributed by atoms with van der Waals surface area (Å²) in [6.07, 6.45) is 0. The van der Waals surface area contributed by atoms with E-state index in [0.717, 1.165) is 0 Å². The minimum absolute atomic E-state index is 0.0791. The fourth-order valence-corrected chi connectivity index (χ4v) is 1.90. The van der Waals surface area contributed by atoms with Crippen molar-refractivity contribution in [3.05, 3.63) is 59.2 Å². The van der Waals surface area contributed by atoms with E-state index in [-0.39, 0.29) is 28.9 Å². The number of ketones is 2. The first-order valence-corrected chi connectivity index (χ1v) is 9.33. The van der Waals surface area contributed by atoms with Gasteiger partial charge in [0.2, 0.25) is 0 Å². The van der Waals surface area contributed by atoms with Crippen LogP contribution in [0, 0.1) is 0 Å². The average molecular weight is 446 g/mol. The van der Waals surface area contributed by atoms with Crippen molar-refractivity contribution < 1.29 is 38.2 Å². The maximum absolute atomic E-state index is 11.0. The molecule has 32 heavy (non-hydrogen) atoms. The number of ether oxygens (including phenoxy) is 3. The molecule has 10 nitrogen and oxygen atoms in total. The summed E-state index contributed by atoms with van der Waals surface area (Å²) in [7, 11) is 2.49. The lowest BCUT2D eigenvalue weighted by atomic mass is 10.2. The number of nitrogens with zero attached hydrogens (tertiary/aromatic N) is 2. The first-order chi connectivity index (χ1) is 15.1. The van der Waals surface area contributed by atoms with Crippen LogP contribution in [0.5, 0.6) is 0 Å². The van der Waals surface area contributed by atoms with Crippen molar-refractivity contribution in [2.24, 2.45) is 0 Å². The average Bonchev–Trinajstić information content (AvgIpc) is 2.78. The van der Waals surface area contributed by atoms with Gasteiger partial charge >= 0.3 is 17.9 Å². The first-order valence-electron chi connectivity index (χ1n) is 9.33. The molecule has 10 heteroatoms. The van der Waals surface area contributed by atoms with Crippen LogP contribution in [0.3, 0.4) is 0 Å². The smallest absolute Gasteiger partial charge is 0.356 e. The number of pyridine rings is 2. The Morgan fingerprint density at radius 3 is 1.28 bits per heavy atom. The van der Waals surface area contributed by atoms with Gasteiger partial charge in [-0.3, -0.25) is 14.4 Å². The van der Waals surface area contributed by atoms with Gasteiger partial charge in [0.1, 0.15) is 22.8 Å². The molecule has 0 fully saturated rings. The molecule has 0 spiro atoms. The summed E-state index contributed by atoms with van der Waals surface area (Å²) in [5.74, 6) is -1.64. The predicted octanol–water partition coefficient (Wildman–Crippen LogP) is 2.71. The molecule has 2 rings (SSSR count). The Morgan fingerprint density at radius 1 is 0.688 bits per heavy atom. The highest BCUT2D eigenvalue weighted by Crippen LogP contribution is 2.02. The van der Waals surface area contributed by atoms with E-state index >= 15 is 0 Å². The Balaban J connectivity index is 0.000000487. The number of carbonyl (C=O) groups is 5. The van der Waals surface area contributed by atoms with Crippen molar-refractivity contribution >= 4 is 29.5 Å². The zero-order chi connectivity index (χ0) is 24.7. The molecule has 0 unspecified atom stereocenters. The highest BCUT2D eigenvalue weighted by atomic mass is 16.5. The molecule has 2 aromatic heterocycles. The minimum atomic E-state index is -0.587. The van der Waals surface area contributed by atoms with E-state index in [2.05, 4.69) is 24.2 Å². The molecule has 0 aliphatic rings. The van der Waals surface area contributed by atoms with Crippen LogP contribution in [0.4, 0.5) is 0 Å². The van der Waals surface area contributed by atoms with Crippen LogP contribution < -0.4 is 0 Å². The topological polar surface area (TPSA) is 139 Å². The predicted molar refractivity (Wildman–Crippen MR) is 113 cm³/mol. The summed E-state index contributed by atoms with van der Waals surface area (Å²) in [5.41, 5.74) is 0.830. The Kier molecular flexibility index (Phi) is 13.1. The normalized spacial score (nSPS) is 9.06. The van der Waals surface area contributed by atoms with E-state index in [1.165, 1.54) is 53.2 Å². The van der Waals surface area contributed by atoms with Crippen LogP contribution in [0.25, 0.3) is 0 Å². The maximum atomic E-state index is 11.0. The number of carbonyl (C=O) groups excluding carboxylic acids is 5. The largest absolute Gasteiger partial charge is 0.466 e. The molecule has 172 valence electrons. The zero-order valence-corrected chi connectivity index (χ0v) is 18.8. The fraction of sp³-hybridized carbons (Fsp3) is 0.318. The molecule has 0 atom stereocenters. The van der Waals surface area contributed by atoms with Gasteiger partial charge in [-0.2, -0.15) is 0 Å². The highest BCUT2D eigenvalue weighted by Gasteiger charge is 2.12. The van der Waals surface area contributed by atoms with Gasteiger partial charge in [-0.05, 0) is 31.2 Å². The van der Waals surface area contributed by atoms with Crippen LogP contribution in [0.2, 0.25) is 0 Å². The first kappa shape index (κ1) is 28.1. The van der Waals surface area contributed by atoms with E-state index in [0.29, 0.717) is 18.0 Å². The number of esters is 3. The number of methoxy groups -OCH3 is 2. The molecule has 0 aliphatic heterocycles. The van der Waals surface area contributed by atoms with E-state index in [1.54, 1.807) is 25.1 Å². The lowest BCUT2D eigenvalue weighted by Gasteiger charge is -2.00. The Labute approximate surface area is 185 Å². The van der Waals surface area contributed by atoms with Crippen LogP contribution in [-0.2, 0) is 19.0 Å². The van der Waals surface area contributed by atoms with Gasteiger partial charge < -0.3 is 14.2 Å². The molecule has 0 saturated heterocycles. The second kappa shape index (κ2) is 14.9. The van der Waals surface area contributed by atoms with Gasteiger partial charge in [0.25, 0.3) is 0 Å². The molecule has 0 aromatic carbocycles. The number of rotatable bonds is 5. The standard InChI is InChI=1S/C9H9NO4.C9H9NO2.C4H8O2/c1-13-8(11)6-4-3-5-7(10-6)9(12)14-2;1-6(11)8-4-3-5-9(10-8)7(2)12;1-3-6-4(2)5/h3-5H,1-2H3;3-5H,1-2H3;3H2,1-2H3. The third kappa shape index (κ3) is 10.7. The summed E-state index contributed by atoms with van der Waals surface area (Å²) in [4.78, 5) is 61.2. The van der Waals surface area contributed by atoms with Gasteiger partial charge in [0.15, 0.2) is 11.6 Å². The molecule has 2 heterocycles. The third-order valence-corrected chi connectivity index (χ3v) is 3.36. The van der Waals surface area contributed by atoms with Crippen LogP contribution in [0.15, 0.2) is 36.4 Å². The second-order valence-electron chi connectivity index (χ2n) is 5.84.